The summed E-state index contributed by atoms with van der Waals surface area (Å²) >= 11 is 0. The molecule has 0 radical (unpaired) electrons. The molecule has 0 saturated carbocycles. The highest BCUT2D eigenvalue weighted by molar-refractivity contribution is 5.98. The number of fused-ring (bicyclic) bond motifs is 2. The summed E-state index contributed by atoms with van der Waals surface area (Å²) in [4.78, 5) is 26.3. The Hall–Kier alpha value is -4.10. The number of unbranched alkanes of at least 4 members (excludes halogenated alkanes) is 11. The molecule has 12 heteroatoms. The van der Waals surface area contributed by atoms with E-state index in [2.05, 4.69) is 19.1 Å². The molecule has 4 rings (SSSR count). The summed E-state index contributed by atoms with van der Waals surface area (Å²) in [5.74, 6) is -1.22. The molecule has 0 amide bonds. The molecule has 0 bridgehead atoms. The third kappa shape index (κ3) is 12.2. The average molecular weight is 769 g/mol. The standard InChI is InChI=1S/C43H60O12/c1-5-6-7-8-9-10-11-12-13-14-15-16-17-18-19-20-34(45)52-26-33-38(48)39(49)40(50)43(54-33)53-29-24-30-37(47)35-36(46)28(22-21-27(2)3)23-32(51-4)42(35)55-41(30)31(44)25-29/h12-13,21,23-25,33,38-40,43-44,46,48-50H,5-11,14-20,22,26H2,1-4H3/b13-12-/t33-,38-,39+,40-,43-/m1/s1. The fourth-order valence-corrected chi connectivity index (χ4v) is 6.66. The minimum Gasteiger partial charge on any atom is -0.507 e. The number of methoxy groups -OCH3 is 1. The van der Waals surface area contributed by atoms with Crippen LogP contribution in [0.25, 0.3) is 21.9 Å². The zero-order chi connectivity index (χ0) is 39.9. The van der Waals surface area contributed by atoms with Crippen LogP contribution in [0, 0.1) is 0 Å². The summed E-state index contributed by atoms with van der Waals surface area (Å²) in [5.41, 5.74) is 0.508. The van der Waals surface area contributed by atoms with E-state index in [9.17, 15) is 35.1 Å². The summed E-state index contributed by atoms with van der Waals surface area (Å²) in [5, 5.41) is 53.6. The van der Waals surface area contributed by atoms with Gasteiger partial charge in [-0.3, -0.25) is 9.59 Å². The van der Waals surface area contributed by atoms with Crippen LogP contribution in [0.4, 0.5) is 0 Å². The lowest BCUT2D eigenvalue weighted by Gasteiger charge is -2.39. The number of carbonyl (C=O) groups excluding carboxylic acids is 1. The molecule has 0 spiro atoms. The van der Waals surface area contributed by atoms with E-state index in [1.807, 2.05) is 19.9 Å². The largest absolute Gasteiger partial charge is 0.507 e. The molecule has 1 aromatic heterocycles. The monoisotopic (exact) mass is 768 g/mol. The van der Waals surface area contributed by atoms with Crippen LogP contribution in [0.3, 0.4) is 0 Å². The highest BCUT2D eigenvalue weighted by Gasteiger charge is 2.45. The van der Waals surface area contributed by atoms with Gasteiger partial charge >= 0.3 is 5.97 Å². The van der Waals surface area contributed by atoms with Crippen molar-refractivity contribution < 1.29 is 53.7 Å². The van der Waals surface area contributed by atoms with Crippen LogP contribution in [0.15, 0.2) is 51.2 Å². The number of aromatic hydroxyl groups is 2. The average Bonchev–Trinajstić information content (AvgIpc) is 3.16. The number of aliphatic hydroxyl groups excluding tert-OH is 3. The fourth-order valence-electron chi connectivity index (χ4n) is 6.66. The first-order valence-electron chi connectivity index (χ1n) is 19.8. The lowest BCUT2D eigenvalue weighted by Crippen LogP contribution is -2.60. The quantitative estimate of drug-likeness (QED) is 0.0292. The number of carbonyl (C=O) groups is 1. The zero-order valence-electron chi connectivity index (χ0n) is 32.8. The molecule has 1 saturated heterocycles. The summed E-state index contributed by atoms with van der Waals surface area (Å²) in [7, 11) is 1.40. The fraction of sp³-hybridized carbons (Fsp3) is 0.581. The van der Waals surface area contributed by atoms with E-state index < -0.39 is 54.5 Å². The maximum Gasteiger partial charge on any atom is 0.305 e. The van der Waals surface area contributed by atoms with Gasteiger partial charge in [0.15, 0.2) is 22.7 Å². The Bertz CT molecular complexity index is 1810. The van der Waals surface area contributed by atoms with Crippen LogP contribution >= 0.6 is 0 Å². The van der Waals surface area contributed by atoms with E-state index in [0.717, 1.165) is 50.2 Å². The first kappa shape index (κ1) is 43.6. The van der Waals surface area contributed by atoms with E-state index in [1.54, 1.807) is 6.07 Å². The predicted molar refractivity (Wildman–Crippen MR) is 211 cm³/mol. The van der Waals surface area contributed by atoms with Crippen LogP contribution in [0.2, 0.25) is 0 Å². The summed E-state index contributed by atoms with van der Waals surface area (Å²) in [6, 6.07) is 3.93. The summed E-state index contributed by atoms with van der Waals surface area (Å²) < 4.78 is 28.2. The molecule has 1 aliphatic heterocycles. The van der Waals surface area contributed by atoms with E-state index in [-0.39, 0.29) is 45.6 Å². The Labute approximate surface area is 323 Å². The molecular weight excluding hydrogens is 708 g/mol. The zero-order valence-corrected chi connectivity index (χ0v) is 32.8. The Balaban J connectivity index is 1.30. The molecule has 2 heterocycles. The van der Waals surface area contributed by atoms with Crippen molar-refractivity contribution >= 4 is 27.9 Å². The van der Waals surface area contributed by atoms with Crippen molar-refractivity contribution in [2.24, 2.45) is 0 Å². The third-order valence-electron chi connectivity index (χ3n) is 9.94. The van der Waals surface area contributed by atoms with Crippen molar-refractivity contribution in [1.82, 2.24) is 0 Å². The predicted octanol–water partition coefficient (Wildman–Crippen LogP) is 7.64. The van der Waals surface area contributed by atoms with Crippen LogP contribution in [0.1, 0.15) is 116 Å². The van der Waals surface area contributed by atoms with Gasteiger partial charge in [0, 0.05) is 18.1 Å². The first-order chi connectivity index (χ1) is 26.5. The van der Waals surface area contributed by atoms with Crippen molar-refractivity contribution in [2.45, 2.75) is 148 Å². The molecule has 0 unspecified atom stereocenters. The van der Waals surface area contributed by atoms with Crippen molar-refractivity contribution in [1.29, 1.82) is 0 Å². The molecule has 12 nitrogen and oxygen atoms in total. The number of esters is 1. The Kier molecular flexibility index (Phi) is 17.3. The van der Waals surface area contributed by atoms with Gasteiger partial charge in [-0.1, -0.05) is 82.1 Å². The van der Waals surface area contributed by atoms with Crippen LogP contribution in [-0.4, -0.2) is 75.9 Å². The lowest BCUT2D eigenvalue weighted by atomic mass is 9.99. The summed E-state index contributed by atoms with van der Waals surface area (Å²) in [6.07, 6.45) is 13.9. The number of allylic oxidation sites excluding steroid dienone is 4. The van der Waals surface area contributed by atoms with Gasteiger partial charge in [-0.2, -0.15) is 0 Å². The van der Waals surface area contributed by atoms with Crippen LogP contribution in [0.5, 0.6) is 23.0 Å². The van der Waals surface area contributed by atoms with Crippen LogP contribution < -0.4 is 14.9 Å². The number of aliphatic hydroxyl groups is 3. The van der Waals surface area contributed by atoms with Gasteiger partial charge in [0.2, 0.25) is 11.7 Å². The normalized spacial score (nSPS) is 19.9. The highest BCUT2D eigenvalue weighted by Crippen LogP contribution is 2.39. The highest BCUT2D eigenvalue weighted by atomic mass is 16.7. The van der Waals surface area contributed by atoms with Gasteiger partial charge in [0.05, 0.1) is 12.5 Å². The number of phenolic OH excluding ortho intramolecular Hbond substituents is 2. The van der Waals surface area contributed by atoms with Gasteiger partial charge in [0.1, 0.15) is 47.9 Å². The van der Waals surface area contributed by atoms with Gasteiger partial charge in [-0.15, -0.1) is 0 Å². The van der Waals surface area contributed by atoms with Crippen molar-refractivity contribution in [3.63, 3.8) is 0 Å². The molecule has 1 fully saturated rings. The van der Waals surface area contributed by atoms with Gasteiger partial charge < -0.3 is 48.9 Å². The lowest BCUT2D eigenvalue weighted by molar-refractivity contribution is -0.278. The molecule has 3 aromatic rings. The van der Waals surface area contributed by atoms with E-state index in [0.29, 0.717) is 18.4 Å². The Morgan fingerprint density at radius 2 is 1.49 bits per heavy atom. The minimum atomic E-state index is -1.74. The molecule has 5 N–H and O–H groups in total. The Morgan fingerprint density at radius 3 is 2.15 bits per heavy atom. The molecule has 5 atom stereocenters. The van der Waals surface area contributed by atoms with Gasteiger partial charge in [0.25, 0.3) is 0 Å². The van der Waals surface area contributed by atoms with E-state index in [1.165, 1.54) is 51.7 Å². The molecule has 55 heavy (non-hydrogen) atoms. The molecular formula is C43H60O12. The maximum absolute atomic E-state index is 13.8. The number of ether oxygens (including phenoxy) is 4. The van der Waals surface area contributed by atoms with E-state index >= 15 is 0 Å². The summed E-state index contributed by atoms with van der Waals surface area (Å²) in [6.45, 7) is 5.65. The number of benzene rings is 2. The first-order valence-corrected chi connectivity index (χ1v) is 19.8. The minimum absolute atomic E-state index is 0.0554. The number of hydrogen-bond acceptors (Lipinski definition) is 12. The second-order valence-electron chi connectivity index (χ2n) is 14.7. The van der Waals surface area contributed by atoms with Crippen molar-refractivity contribution in [3.05, 3.63) is 57.8 Å². The second kappa shape index (κ2) is 21.8. The number of hydrogen-bond donors (Lipinski definition) is 5. The van der Waals surface area contributed by atoms with Gasteiger partial charge in [-0.25, -0.2) is 0 Å². The van der Waals surface area contributed by atoms with Crippen molar-refractivity contribution in [2.75, 3.05) is 13.7 Å². The molecule has 304 valence electrons. The Morgan fingerprint density at radius 1 is 0.836 bits per heavy atom. The smallest absolute Gasteiger partial charge is 0.305 e. The number of rotatable bonds is 22. The number of phenols is 2. The SMILES string of the molecule is CCCCCCCC/C=C\CCCCCCCC(=O)OC[C@H]1O[C@@H](Oc2cc(O)c3oc4c(OC)cc(CC=C(C)C)c(O)c4c(=O)c3c2)[C@H](O)[C@@H](O)[C@@H]1O. The molecule has 1 aliphatic rings. The molecule has 0 aliphatic carbocycles. The maximum atomic E-state index is 13.8. The topological polar surface area (TPSA) is 185 Å². The van der Waals surface area contributed by atoms with E-state index in [4.69, 9.17) is 23.4 Å². The van der Waals surface area contributed by atoms with Gasteiger partial charge in [-0.05, 0) is 64.5 Å². The van der Waals surface area contributed by atoms with Crippen molar-refractivity contribution in [3.8, 4) is 23.0 Å². The second-order valence-corrected chi connectivity index (χ2v) is 14.7. The third-order valence-corrected chi connectivity index (χ3v) is 9.94. The molecule has 2 aromatic carbocycles. The van der Waals surface area contributed by atoms with Crippen LogP contribution in [-0.2, 0) is 20.7 Å².